The van der Waals surface area contributed by atoms with Crippen molar-refractivity contribution in [2.45, 2.75) is 61.8 Å². The van der Waals surface area contributed by atoms with Gasteiger partial charge in [0.25, 0.3) is 0 Å². The van der Waals surface area contributed by atoms with Crippen LogP contribution in [-0.4, -0.2) is 37.6 Å². The molecule has 0 unspecified atom stereocenters. The smallest absolute Gasteiger partial charge is 0.218 e. The molecule has 0 radical (unpaired) electrons. The molecule has 0 aromatic rings. The molecule has 0 aliphatic rings. The Kier molecular flexibility index (Phi) is 7.41. The van der Waals surface area contributed by atoms with Crippen molar-refractivity contribution in [1.29, 1.82) is 0 Å². The lowest BCUT2D eigenvalue weighted by Crippen LogP contribution is -2.42. The molecule has 0 aliphatic carbocycles. The average molecular weight is 259 g/mol. The second-order valence-electron chi connectivity index (χ2n) is 7.27. The molecule has 3 nitrogen and oxygen atoms in total. The number of rotatable bonds is 7. The van der Waals surface area contributed by atoms with E-state index >= 15 is 0 Å². The van der Waals surface area contributed by atoms with Crippen molar-refractivity contribution in [1.82, 2.24) is 4.90 Å². The summed E-state index contributed by atoms with van der Waals surface area (Å²) in [5.41, 5.74) is 0.326. The zero-order valence-corrected chi connectivity index (χ0v) is 13.7. The summed E-state index contributed by atoms with van der Waals surface area (Å²) in [7, 11) is 0. The minimum atomic E-state index is -0.224. The summed E-state index contributed by atoms with van der Waals surface area (Å²) in [5, 5.41) is 0. The minimum absolute atomic E-state index is 0.163. The summed E-state index contributed by atoms with van der Waals surface area (Å²) in [6.45, 7) is 20.6. The molecule has 0 fully saturated rings. The first kappa shape index (κ1) is 17.9. The third kappa shape index (κ3) is 8.90. The summed E-state index contributed by atoms with van der Waals surface area (Å²) >= 11 is 0. The van der Waals surface area contributed by atoms with Crippen molar-refractivity contribution in [3.8, 4) is 0 Å². The van der Waals surface area contributed by atoms with Crippen LogP contribution < -0.4 is 0 Å². The quantitative estimate of drug-likeness (QED) is 0.650. The molecule has 0 aromatic heterocycles. The number of hydrogen-bond acceptors (Lipinski definition) is 3. The summed E-state index contributed by atoms with van der Waals surface area (Å²) in [4.78, 5) is 2.21. The van der Waals surface area contributed by atoms with Gasteiger partial charge in [-0.1, -0.05) is 55.4 Å². The monoisotopic (exact) mass is 259 g/mol. The molecule has 0 atom stereocenters. The molecule has 0 rings (SSSR count). The molecule has 0 saturated heterocycles. The molecule has 0 aliphatic heterocycles. The van der Waals surface area contributed by atoms with E-state index in [-0.39, 0.29) is 17.2 Å². The molecular weight excluding hydrogens is 226 g/mol. The van der Waals surface area contributed by atoms with Gasteiger partial charge < -0.3 is 9.47 Å². The second-order valence-corrected chi connectivity index (χ2v) is 7.27. The first-order valence-electron chi connectivity index (χ1n) is 7.06. The van der Waals surface area contributed by atoms with Crippen molar-refractivity contribution in [2.75, 3.05) is 26.3 Å². The Morgan fingerprint density at radius 1 is 0.778 bits per heavy atom. The van der Waals surface area contributed by atoms with Gasteiger partial charge >= 0.3 is 0 Å². The van der Waals surface area contributed by atoms with Crippen LogP contribution in [-0.2, 0) is 9.47 Å². The standard InChI is InChI=1S/C15H33NO2/c1-9-16(10-2)13(17-11-14(3,4)5)18-12-15(6,7)8/h13H,9-12H2,1-8H3. The van der Waals surface area contributed by atoms with E-state index in [0.29, 0.717) is 13.2 Å². The summed E-state index contributed by atoms with van der Waals surface area (Å²) in [5.74, 6) is 0. The summed E-state index contributed by atoms with van der Waals surface area (Å²) in [6, 6.07) is 0. The van der Waals surface area contributed by atoms with Gasteiger partial charge in [-0.2, -0.15) is 0 Å². The largest absolute Gasteiger partial charge is 0.339 e. The van der Waals surface area contributed by atoms with Gasteiger partial charge in [0.1, 0.15) is 0 Å². The van der Waals surface area contributed by atoms with E-state index in [0.717, 1.165) is 13.1 Å². The van der Waals surface area contributed by atoms with Gasteiger partial charge in [-0.3, -0.25) is 4.90 Å². The zero-order chi connectivity index (χ0) is 14.4. The SMILES string of the molecule is CCN(CC)C(OCC(C)(C)C)OCC(C)(C)C. The number of ether oxygens (including phenoxy) is 2. The van der Waals surface area contributed by atoms with Crippen molar-refractivity contribution >= 4 is 0 Å². The summed E-state index contributed by atoms with van der Waals surface area (Å²) < 4.78 is 11.9. The van der Waals surface area contributed by atoms with Crippen LogP contribution in [0.25, 0.3) is 0 Å². The third-order valence-electron chi connectivity index (χ3n) is 2.43. The number of nitrogens with zero attached hydrogens (tertiary/aromatic N) is 1. The molecule has 110 valence electrons. The minimum Gasteiger partial charge on any atom is -0.339 e. The van der Waals surface area contributed by atoms with Crippen molar-refractivity contribution in [2.24, 2.45) is 10.8 Å². The first-order chi connectivity index (χ1) is 8.09. The number of hydrogen-bond donors (Lipinski definition) is 0. The Bertz CT molecular complexity index is 194. The highest BCUT2D eigenvalue weighted by Crippen LogP contribution is 2.19. The topological polar surface area (TPSA) is 21.7 Å². The highest BCUT2D eigenvalue weighted by Gasteiger charge is 2.22. The van der Waals surface area contributed by atoms with Gasteiger partial charge in [-0.25, -0.2) is 0 Å². The van der Waals surface area contributed by atoms with E-state index < -0.39 is 0 Å². The molecule has 0 bridgehead atoms. The van der Waals surface area contributed by atoms with Crippen LogP contribution >= 0.6 is 0 Å². The predicted octanol–water partition coefficient (Wildman–Crippen LogP) is 3.74. The van der Waals surface area contributed by atoms with Crippen LogP contribution in [0.4, 0.5) is 0 Å². The summed E-state index contributed by atoms with van der Waals surface area (Å²) in [6.07, 6.45) is -0.224. The van der Waals surface area contributed by atoms with E-state index in [2.05, 4.69) is 60.3 Å². The molecule has 18 heavy (non-hydrogen) atoms. The second kappa shape index (κ2) is 7.46. The van der Waals surface area contributed by atoms with Gasteiger partial charge in [-0.15, -0.1) is 0 Å². The molecule has 0 N–H and O–H groups in total. The van der Waals surface area contributed by atoms with Gasteiger partial charge in [0.15, 0.2) is 0 Å². The maximum Gasteiger partial charge on any atom is 0.218 e. The molecule has 0 aromatic carbocycles. The van der Waals surface area contributed by atoms with Gasteiger partial charge in [0.2, 0.25) is 6.41 Å². The van der Waals surface area contributed by atoms with E-state index in [9.17, 15) is 0 Å². The van der Waals surface area contributed by atoms with Gasteiger partial charge in [0.05, 0.1) is 13.2 Å². The molecule has 0 heterocycles. The highest BCUT2D eigenvalue weighted by molar-refractivity contribution is 4.63. The maximum absolute atomic E-state index is 5.95. The maximum atomic E-state index is 5.95. The molecule has 0 saturated carbocycles. The van der Waals surface area contributed by atoms with Crippen LogP contribution in [0.5, 0.6) is 0 Å². The Hall–Kier alpha value is -0.120. The average Bonchev–Trinajstić information content (AvgIpc) is 2.19. The lowest BCUT2D eigenvalue weighted by atomic mass is 9.98. The van der Waals surface area contributed by atoms with E-state index in [1.807, 2.05) is 0 Å². The van der Waals surface area contributed by atoms with E-state index in [1.54, 1.807) is 0 Å². The fraction of sp³-hybridized carbons (Fsp3) is 1.00. The third-order valence-corrected chi connectivity index (χ3v) is 2.43. The van der Waals surface area contributed by atoms with Crippen LogP contribution in [0.15, 0.2) is 0 Å². The molecular formula is C15H33NO2. The van der Waals surface area contributed by atoms with Crippen LogP contribution in [0, 0.1) is 10.8 Å². The van der Waals surface area contributed by atoms with Gasteiger partial charge in [0, 0.05) is 0 Å². The molecule has 0 amide bonds. The zero-order valence-electron chi connectivity index (χ0n) is 13.7. The lowest BCUT2D eigenvalue weighted by molar-refractivity contribution is -0.240. The Morgan fingerprint density at radius 2 is 1.11 bits per heavy atom. The predicted molar refractivity (Wildman–Crippen MR) is 77.5 cm³/mol. The Labute approximate surface area is 114 Å². The van der Waals surface area contributed by atoms with Crippen molar-refractivity contribution in [3.63, 3.8) is 0 Å². The first-order valence-corrected chi connectivity index (χ1v) is 7.06. The molecule has 0 spiro atoms. The van der Waals surface area contributed by atoms with Crippen LogP contribution in [0.3, 0.4) is 0 Å². The van der Waals surface area contributed by atoms with Crippen molar-refractivity contribution < 1.29 is 9.47 Å². The van der Waals surface area contributed by atoms with Crippen LogP contribution in [0.1, 0.15) is 55.4 Å². The fourth-order valence-electron chi connectivity index (χ4n) is 1.42. The van der Waals surface area contributed by atoms with Crippen molar-refractivity contribution in [3.05, 3.63) is 0 Å². The van der Waals surface area contributed by atoms with Gasteiger partial charge in [-0.05, 0) is 23.9 Å². The van der Waals surface area contributed by atoms with E-state index in [4.69, 9.17) is 9.47 Å². The Balaban J connectivity index is 4.42. The normalized spacial score (nSPS) is 13.7. The lowest BCUT2D eigenvalue weighted by Gasteiger charge is -2.33. The Morgan fingerprint density at radius 3 is 1.33 bits per heavy atom. The van der Waals surface area contributed by atoms with E-state index in [1.165, 1.54) is 0 Å². The fourth-order valence-corrected chi connectivity index (χ4v) is 1.42. The molecule has 3 heteroatoms. The highest BCUT2D eigenvalue weighted by atomic mass is 16.7. The van der Waals surface area contributed by atoms with Crippen LogP contribution in [0.2, 0.25) is 0 Å².